The highest BCUT2D eigenvalue weighted by Crippen LogP contribution is 2.34. The highest BCUT2D eigenvalue weighted by atomic mass is 35.5. The molecular formula is C47H62ClN9O6. The molecule has 2 saturated heterocycles. The van der Waals surface area contributed by atoms with Crippen molar-refractivity contribution in [2.75, 3.05) is 32.5 Å². The molecule has 6 atom stereocenters. The van der Waals surface area contributed by atoms with Gasteiger partial charge >= 0.3 is 0 Å². The molecule has 4 amide bonds. The molecule has 15 nitrogen and oxygen atoms in total. The Bertz CT molecular complexity index is 2130. The molecule has 4 aromatic rings. The predicted molar refractivity (Wildman–Crippen MR) is 241 cm³/mol. The Hall–Kier alpha value is -5.51. The first kappa shape index (κ1) is 47.0. The molecule has 6 rings (SSSR count). The number of halogens is 1. The molecule has 16 heteroatoms. The van der Waals surface area contributed by atoms with E-state index in [2.05, 4.69) is 37.8 Å². The molecule has 0 bridgehead atoms. The van der Waals surface area contributed by atoms with Crippen molar-refractivity contribution in [3.63, 3.8) is 0 Å². The molecule has 4 N–H and O–H groups in total. The molecule has 2 aromatic carbocycles. The summed E-state index contributed by atoms with van der Waals surface area (Å²) in [5, 5.41) is 12.2. The molecule has 0 unspecified atom stereocenters. The highest BCUT2D eigenvalue weighted by Gasteiger charge is 2.39. The molecular weight excluding hydrogens is 822 g/mol. The van der Waals surface area contributed by atoms with Crippen molar-refractivity contribution in [2.24, 2.45) is 0 Å². The van der Waals surface area contributed by atoms with Crippen LogP contribution >= 0.6 is 11.8 Å². The van der Waals surface area contributed by atoms with E-state index in [0.717, 1.165) is 43.4 Å². The Labute approximate surface area is 375 Å². The van der Waals surface area contributed by atoms with Crippen molar-refractivity contribution in [3.05, 3.63) is 114 Å². The molecule has 2 aliphatic rings. The lowest BCUT2D eigenvalue weighted by atomic mass is 10.0. The fourth-order valence-electron chi connectivity index (χ4n) is 8.14. The van der Waals surface area contributed by atoms with E-state index in [0.29, 0.717) is 74.8 Å². The zero-order valence-electron chi connectivity index (χ0n) is 36.9. The lowest BCUT2D eigenvalue weighted by molar-refractivity contribution is -0.138. The van der Waals surface area contributed by atoms with Gasteiger partial charge in [-0.15, -0.1) is 0 Å². The molecule has 4 heterocycles. The third kappa shape index (κ3) is 12.6. The quantitative estimate of drug-likeness (QED) is 0.0476. The van der Waals surface area contributed by atoms with Gasteiger partial charge in [-0.05, 0) is 88.9 Å². The number of anilines is 1. The van der Waals surface area contributed by atoms with E-state index in [1.807, 2.05) is 60.4 Å². The van der Waals surface area contributed by atoms with Crippen LogP contribution < -0.4 is 21.3 Å². The summed E-state index contributed by atoms with van der Waals surface area (Å²) < 4.78 is 13.7. The maximum atomic E-state index is 14.4. The average molecular weight is 885 g/mol. The summed E-state index contributed by atoms with van der Waals surface area (Å²) >= 11 is 6.29. The first-order chi connectivity index (χ1) is 30.4. The molecule has 0 aliphatic carbocycles. The number of likely N-dealkylation sites (tertiary alicyclic amines) is 2. The number of hydrogen-bond acceptors (Lipinski definition) is 11. The molecule has 2 fully saturated rings. The summed E-state index contributed by atoms with van der Waals surface area (Å²) in [6, 6.07) is 16.4. The van der Waals surface area contributed by atoms with Crippen molar-refractivity contribution >= 4 is 41.1 Å². The van der Waals surface area contributed by atoms with E-state index >= 15 is 0 Å². The van der Waals surface area contributed by atoms with Crippen molar-refractivity contribution in [3.8, 4) is 0 Å². The number of nitrogens with zero attached hydrogens (tertiary/aromatic N) is 5. The normalized spacial score (nSPS) is 18.2. The Morgan fingerprint density at radius 3 is 1.95 bits per heavy atom. The second-order valence-electron chi connectivity index (χ2n) is 16.6. The van der Waals surface area contributed by atoms with E-state index in [1.165, 1.54) is 10.6 Å². The summed E-state index contributed by atoms with van der Waals surface area (Å²) in [5.41, 5.74) is 2.36. The highest BCUT2D eigenvalue weighted by molar-refractivity contribution is 6.13. The topological polar surface area (TPSA) is 178 Å². The predicted octanol–water partition coefficient (Wildman–Crippen LogP) is 6.91. The van der Waals surface area contributed by atoms with Crippen molar-refractivity contribution in [2.45, 2.75) is 121 Å². The van der Waals surface area contributed by atoms with Crippen LogP contribution in [0.15, 0.2) is 94.2 Å². The Morgan fingerprint density at radius 2 is 1.37 bits per heavy atom. The van der Waals surface area contributed by atoms with Crippen LogP contribution in [0.3, 0.4) is 0 Å². The van der Waals surface area contributed by atoms with Gasteiger partial charge in [0.2, 0.25) is 35.3 Å². The zero-order chi connectivity index (χ0) is 44.9. The second kappa shape index (κ2) is 22.7. The molecule has 0 saturated carbocycles. The number of likely N-dealkylation sites (N-methyl/N-ethyl adjacent to an activating group) is 2. The second-order valence-corrected chi connectivity index (χ2v) is 17.1. The molecule has 63 heavy (non-hydrogen) atoms. The smallest absolute Gasteiger partial charge is 0.293 e. The van der Waals surface area contributed by atoms with Crippen LogP contribution in [0.4, 0.5) is 5.69 Å². The van der Waals surface area contributed by atoms with Gasteiger partial charge in [0.1, 0.15) is 29.9 Å². The van der Waals surface area contributed by atoms with Crippen LogP contribution in [0.2, 0.25) is 0 Å². The van der Waals surface area contributed by atoms with Crippen LogP contribution in [0.1, 0.15) is 124 Å². The van der Waals surface area contributed by atoms with Gasteiger partial charge in [0.25, 0.3) is 5.91 Å². The number of rotatable bonds is 22. The van der Waals surface area contributed by atoms with E-state index in [9.17, 15) is 19.2 Å². The van der Waals surface area contributed by atoms with Gasteiger partial charge < -0.3 is 39.9 Å². The number of hydrogen-bond donors (Lipinski definition) is 4. The summed E-state index contributed by atoms with van der Waals surface area (Å²) in [7, 11) is 3.45. The van der Waals surface area contributed by atoms with E-state index in [4.69, 9.17) is 20.6 Å². The SMILES string of the molecule is C=C(N[C@@H](CCCCCC[C@H](NC(=O)[C@H](C)NC)C(=O)N1CCC[C@H]1c1ncc(Cc2ccccc2)o1)C(=O)N1CCC[C@H]1c1ncc(C(=O)Nc2ccccc2)o1)[C@H](C)N(C)Cl. The average Bonchev–Trinajstić information content (AvgIpc) is 4.14. The Balaban J connectivity index is 1.06. The van der Waals surface area contributed by atoms with E-state index < -0.39 is 30.1 Å². The number of para-hydroxylation sites is 1. The summed E-state index contributed by atoms with van der Waals surface area (Å²) in [5.74, 6) is 0.731. The minimum absolute atomic E-state index is 0.0677. The van der Waals surface area contributed by atoms with Gasteiger partial charge in [0, 0.05) is 37.9 Å². The van der Waals surface area contributed by atoms with Gasteiger partial charge in [0.15, 0.2) is 0 Å². The van der Waals surface area contributed by atoms with Gasteiger partial charge in [-0.2, -0.15) is 0 Å². The van der Waals surface area contributed by atoms with Crippen LogP contribution in [0, 0.1) is 0 Å². The Kier molecular flexibility index (Phi) is 16.9. The number of oxazole rings is 2. The maximum Gasteiger partial charge on any atom is 0.293 e. The van der Waals surface area contributed by atoms with E-state index in [-0.39, 0.29) is 35.6 Å². The molecule has 2 aromatic heterocycles. The number of amides is 4. The number of aromatic nitrogens is 2. The van der Waals surface area contributed by atoms with Crippen LogP contribution in [-0.4, -0.2) is 99.2 Å². The minimum atomic E-state index is -0.715. The monoisotopic (exact) mass is 883 g/mol. The van der Waals surface area contributed by atoms with Crippen LogP contribution in [-0.2, 0) is 20.8 Å². The number of carbonyl (C=O) groups is 4. The Morgan fingerprint density at radius 1 is 0.810 bits per heavy atom. The van der Waals surface area contributed by atoms with Gasteiger partial charge in [0.05, 0.1) is 24.5 Å². The minimum Gasteiger partial charge on any atom is -0.443 e. The first-order valence-electron chi connectivity index (χ1n) is 22.2. The molecule has 0 spiro atoms. The van der Waals surface area contributed by atoms with Crippen molar-refractivity contribution in [1.82, 2.24) is 40.1 Å². The summed E-state index contributed by atoms with van der Waals surface area (Å²) in [6.07, 6.45) is 10.7. The van der Waals surface area contributed by atoms with Crippen molar-refractivity contribution < 1.29 is 28.0 Å². The summed E-state index contributed by atoms with van der Waals surface area (Å²) in [4.78, 5) is 67.3. The van der Waals surface area contributed by atoms with E-state index in [1.54, 1.807) is 44.2 Å². The number of unbranched alkanes of at least 4 members (excludes halogenated alkanes) is 3. The zero-order valence-corrected chi connectivity index (χ0v) is 37.6. The van der Waals surface area contributed by atoms with Crippen molar-refractivity contribution in [1.29, 1.82) is 0 Å². The largest absolute Gasteiger partial charge is 0.443 e. The third-order valence-electron chi connectivity index (χ3n) is 12.1. The van der Waals surface area contributed by atoms with Gasteiger partial charge in [-0.1, -0.05) is 80.8 Å². The fraction of sp³-hybridized carbons (Fsp3) is 0.489. The first-order valence-corrected chi connectivity index (χ1v) is 22.5. The third-order valence-corrected chi connectivity index (χ3v) is 12.4. The molecule has 338 valence electrons. The number of benzene rings is 2. The van der Waals surface area contributed by atoms with Crippen LogP contribution in [0.5, 0.6) is 0 Å². The van der Waals surface area contributed by atoms with Gasteiger partial charge in [-0.3, -0.25) is 19.2 Å². The van der Waals surface area contributed by atoms with Crippen LogP contribution in [0.25, 0.3) is 0 Å². The maximum absolute atomic E-state index is 14.4. The fourth-order valence-corrected chi connectivity index (χ4v) is 8.26. The molecule has 2 aliphatic heterocycles. The van der Waals surface area contributed by atoms with Gasteiger partial charge in [-0.25, -0.2) is 14.4 Å². The summed E-state index contributed by atoms with van der Waals surface area (Å²) in [6.45, 7) is 8.94. The number of carbonyl (C=O) groups excluding carboxylic acids is 4. The number of nitrogens with one attached hydrogen (secondary N) is 4. The standard InChI is InChI=1S/C47H62ClN9O6/c1-31(33(3)55(5)48)52-37(46(60)57-27-17-25-40(57)45-51-30-41(63-45)43(59)53-35-20-12-9-13-21-35)22-14-6-7-15-23-38(54-42(58)32(2)49-4)47(61)56-26-16-24-39(56)44-50-29-36(62-44)28-34-18-10-8-11-19-34/h8-13,18-21,29-30,32-33,37-40,49,52H,1,6-7,14-17,22-28H2,2-5H3,(H,53,59)(H,54,58)/t32-,33-,37-,38-,39-,40-/m0/s1. The lowest BCUT2D eigenvalue weighted by Crippen LogP contribution is -2.52. The molecule has 0 radical (unpaired) electrons. The lowest BCUT2D eigenvalue weighted by Gasteiger charge is -2.31.